The molecule has 2 aromatic heterocycles. The number of aliphatic hydroxyl groups is 2. The van der Waals surface area contributed by atoms with Gasteiger partial charge in [0.25, 0.3) is 6.23 Å². The number of aliphatic carboxylic acids is 1. The third-order valence-electron chi connectivity index (χ3n) is 5.54. The second-order valence-electron chi connectivity index (χ2n) is 8.19. The molecule has 4 rings (SSSR count). The molecule has 3 aromatic rings. The molecule has 0 spiro atoms. The summed E-state index contributed by atoms with van der Waals surface area (Å²) in [7, 11) is -4.73. The summed E-state index contributed by atoms with van der Waals surface area (Å²) in [6.45, 7) is -0.627. The van der Waals surface area contributed by atoms with E-state index >= 15 is 0 Å². The van der Waals surface area contributed by atoms with Gasteiger partial charge in [-0.15, -0.1) is 0 Å². The van der Waals surface area contributed by atoms with E-state index < -0.39 is 56.9 Å². The van der Waals surface area contributed by atoms with E-state index in [0.29, 0.717) is 6.42 Å². The van der Waals surface area contributed by atoms with Gasteiger partial charge < -0.3 is 47.1 Å². The number of nitrogens with two attached hydrogens (primary N) is 1. The van der Waals surface area contributed by atoms with E-state index in [1.165, 1.54) is 29.1 Å². The Labute approximate surface area is 260 Å². The van der Waals surface area contributed by atoms with Gasteiger partial charge in [0.2, 0.25) is 0 Å². The number of rotatable bonds is 8. The molecule has 1 saturated heterocycles. The van der Waals surface area contributed by atoms with Crippen molar-refractivity contribution >= 4 is 30.7 Å². The number of para-hydroxylation sites is 1. The summed E-state index contributed by atoms with van der Waals surface area (Å²) < 4.78 is 21.4. The number of aromatic amines is 1. The molecule has 1 aliphatic rings. The molecular formula is C22H28KN3O11P+. The average Bonchev–Trinajstić information content (AvgIpc) is 3.38. The van der Waals surface area contributed by atoms with Gasteiger partial charge in [-0.05, 0) is 17.7 Å². The number of carboxylic acid groups (broad SMARTS) is 2. The Morgan fingerprint density at radius 2 is 1.84 bits per heavy atom. The molecule has 3 heterocycles. The van der Waals surface area contributed by atoms with Crippen LogP contribution in [0.25, 0.3) is 10.9 Å². The van der Waals surface area contributed by atoms with E-state index in [1.54, 1.807) is 0 Å². The van der Waals surface area contributed by atoms with Crippen LogP contribution in [0, 0.1) is 0 Å². The van der Waals surface area contributed by atoms with Gasteiger partial charge in [0.15, 0.2) is 18.5 Å². The Morgan fingerprint density at radius 1 is 1.16 bits per heavy atom. The molecule has 0 saturated carbocycles. The van der Waals surface area contributed by atoms with E-state index in [-0.39, 0.29) is 58.4 Å². The number of H-pyrrole nitrogens is 1. The summed E-state index contributed by atoms with van der Waals surface area (Å²) in [5, 5.41) is 38.5. The number of fused-ring (bicyclic) bond motifs is 1. The van der Waals surface area contributed by atoms with Crippen molar-refractivity contribution in [3.05, 3.63) is 66.1 Å². The third kappa shape index (κ3) is 8.72. The maximum absolute atomic E-state index is 10.9. The van der Waals surface area contributed by atoms with Crippen molar-refractivity contribution in [1.29, 1.82) is 0 Å². The largest absolute Gasteiger partial charge is 1.00 e. The van der Waals surface area contributed by atoms with Crippen LogP contribution in [0.2, 0.25) is 0 Å². The maximum atomic E-state index is 10.9. The van der Waals surface area contributed by atoms with E-state index in [2.05, 4.69) is 9.51 Å². The third-order valence-corrected chi connectivity index (χ3v) is 6.02. The Morgan fingerprint density at radius 3 is 2.47 bits per heavy atom. The molecule has 202 valence electrons. The minimum absolute atomic E-state index is 0. The normalized spacial score (nSPS) is 21.7. The zero-order valence-electron chi connectivity index (χ0n) is 21.2. The SMILES string of the molecule is NC(Cc1c[nH]c2ccccc12)C(=O)O.O=C(O)c1ccc[n+]([C@@H]2O[C@H](COP(=O)(O)O)[C@@H](O)[C@H]2O)c1.[H-].[K+]. The van der Waals surface area contributed by atoms with E-state index in [9.17, 15) is 24.4 Å². The van der Waals surface area contributed by atoms with Crippen molar-refractivity contribution in [2.45, 2.75) is 37.0 Å². The van der Waals surface area contributed by atoms with E-state index in [4.69, 9.17) is 30.5 Å². The number of nitrogens with zero attached hydrogens (tertiary/aromatic N) is 1. The van der Waals surface area contributed by atoms with Crippen LogP contribution in [-0.4, -0.2) is 78.1 Å². The number of phosphoric acid groups is 1. The summed E-state index contributed by atoms with van der Waals surface area (Å²) >= 11 is 0. The summed E-state index contributed by atoms with van der Waals surface area (Å²) in [5.41, 5.74) is 7.38. The van der Waals surface area contributed by atoms with Crippen molar-refractivity contribution in [3.63, 3.8) is 0 Å². The molecule has 1 fully saturated rings. The molecule has 9 N–H and O–H groups in total. The zero-order valence-corrected chi connectivity index (χ0v) is 24.2. The minimum atomic E-state index is -4.73. The Hall–Kier alpha value is -1.56. The predicted molar refractivity (Wildman–Crippen MR) is 126 cm³/mol. The molecule has 0 amide bonds. The van der Waals surface area contributed by atoms with Crippen LogP contribution in [0.5, 0.6) is 0 Å². The summed E-state index contributed by atoms with van der Waals surface area (Å²) in [4.78, 5) is 41.9. The number of nitrogens with one attached hydrogen (secondary N) is 1. The van der Waals surface area contributed by atoms with E-state index in [0.717, 1.165) is 16.5 Å². The van der Waals surface area contributed by atoms with Crippen molar-refractivity contribution in [3.8, 4) is 0 Å². The Balaban J connectivity index is 0.000000394. The molecule has 0 aliphatic carbocycles. The zero-order chi connectivity index (χ0) is 27.3. The number of carboxylic acids is 2. The molecule has 1 unspecified atom stereocenters. The monoisotopic (exact) mass is 580 g/mol. The van der Waals surface area contributed by atoms with Crippen molar-refractivity contribution in [2.75, 3.05) is 6.61 Å². The van der Waals surface area contributed by atoms with Gasteiger partial charge in [-0.3, -0.25) is 9.32 Å². The molecule has 38 heavy (non-hydrogen) atoms. The van der Waals surface area contributed by atoms with Crippen LogP contribution in [0.3, 0.4) is 0 Å². The number of hydrogen-bond acceptors (Lipinski definition) is 8. The number of pyridine rings is 1. The Bertz CT molecular complexity index is 1310. The second-order valence-corrected chi connectivity index (χ2v) is 9.43. The smallest absolute Gasteiger partial charge is 1.00 e. The maximum Gasteiger partial charge on any atom is 1.00 e. The van der Waals surface area contributed by atoms with E-state index in [1.807, 2.05) is 30.5 Å². The van der Waals surface area contributed by atoms with Gasteiger partial charge in [0, 0.05) is 29.6 Å². The molecule has 1 aromatic carbocycles. The first-order valence-corrected chi connectivity index (χ1v) is 12.4. The number of carbonyl (C=O) groups is 2. The molecule has 1 aliphatic heterocycles. The number of aromatic nitrogens is 2. The van der Waals surface area contributed by atoms with Gasteiger partial charge in [0.1, 0.15) is 23.8 Å². The molecule has 5 atom stereocenters. The first-order chi connectivity index (χ1) is 17.4. The minimum Gasteiger partial charge on any atom is -1.00 e. The van der Waals surface area contributed by atoms with Gasteiger partial charge in [-0.2, -0.15) is 4.57 Å². The fraction of sp³-hybridized carbons (Fsp3) is 0.318. The number of ether oxygens (including phenoxy) is 1. The van der Waals surface area contributed by atoms with Gasteiger partial charge >= 0.3 is 71.1 Å². The summed E-state index contributed by atoms with van der Waals surface area (Å²) in [5.74, 6) is -2.15. The fourth-order valence-corrected chi connectivity index (χ4v) is 4.03. The van der Waals surface area contributed by atoms with Crippen LogP contribution in [0.4, 0.5) is 0 Å². The van der Waals surface area contributed by atoms with Crippen LogP contribution in [0.15, 0.2) is 55.0 Å². The number of aliphatic hydroxyl groups excluding tert-OH is 2. The molecule has 14 nitrogen and oxygen atoms in total. The van der Waals surface area contributed by atoms with Crippen molar-refractivity contribution in [1.82, 2.24) is 4.98 Å². The summed E-state index contributed by atoms with van der Waals surface area (Å²) in [6.07, 6.45) is -0.355. The topological polar surface area (TPSA) is 237 Å². The average molecular weight is 581 g/mol. The van der Waals surface area contributed by atoms with Crippen molar-refractivity contribution in [2.24, 2.45) is 5.73 Å². The van der Waals surface area contributed by atoms with Gasteiger partial charge in [-0.25, -0.2) is 9.36 Å². The Kier molecular flexibility index (Phi) is 12.2. The molecule has 0 radical (unpaired) electrons. The molecule has 16 heteroatoms. The van der Waals surface area contributed by atoms with Gasteiger partial charge in [-0.1, -0.05) is 18.2 Å². The van der Waals surface area contributed by atoms with Crippen LogP contribution in [0.1, 0.15) is 23.6 Å². The van der Waals surface area contributed by atoms with Crippen LogP contribution in [-0.2, 0) is 25.0 Å². The number of phosphoric ester groups is 1. The van der Waals surface area contributed by atoms with Gasteiger partial charge in [0.05, 0.1) is 6.61 Å². The fourth-order valence-electron chi connectivity index (χ4n) is 3.69. The van der Waals surface area contributed by atoms with Crippen molar-refractivity contribution < 1.29 is 111 Å². The molecule has 0 bridgehead atoms. The first kappa shape index (κ1) is 32.6. The van der Waals surface area contributed by atoms with Crippen LogP contribution >= 0.6 is 7.82 Å². The standard InChI is InChI=1S/C11H12N2O2.C11H14NO9P.K.H/c12-9(11(14)15)5-7-6-13-10-4-2-1-3-8(7)10;13-8-7(5-20-22(17,18)19)21-10(9(8)14)12-3-1-2-6(4-12)11(15)16;;/h1-4,6,9,13H,5,12H2,(H,14,15);1-4,7-10,13-14H,5H2,(H2-,15,16,17,18,19);;/q;;+1;-1/p+1/t;7-,8-,9-,10-;;/m.1../s1. The predicted octanol–water partition coefficient (Wildman–Crippen LogP) is -3.36. The number of benzene rings is 1. The van der Waals surface area contributed by atoms with Crippen LogP contribution < -0.4 is 61.7 Å². The number of aromatic carboxylic acids is 1. The quantitative estimate of drug-likeness (QED) is 0.0741. The first-order valence-electron chi connectivity index (χ1n) is 10.9. The number of hydrogen-bond donors (Lipinski definition) is 8. The second kappa shape index (κ2) is 14.2. The summed E-state index contributed by atoms with van der Waals surface area (Å²) in [6, 6.07) is 9.67. The molecular weight excluding hydrogens is 552 g/mol.